The molecule has 2 heterocycles. The Kier molecular flexibility index (Phi) is 4.24. The fraction of sp³-hybridized carbons (Fsp3) is 0.500. The maximum absolute atomic E-state index is 11.2. The second-order valence-electron chi connectivity index (χ2n) is 4.52. The average molecular weight is 250 g/mol. The Hall–Kier alpha value is -1.50. The summed E-state index contributed by atoms with van der Waals surface area (Å²) in [5.74, 6) is 4.71. The van der Waals surface area contributed by atoms with E-state index < -0.39 is 0 Å². The Morgan fingerprint density at radius 3 is 2.78 bits per heavy atom. The quantitative estimate of drug-likeness (QED) is 0.387. The number of carbonyl (C=O) groups excluding carboxylic acids is 1. The van der Waals surface area contributed by atoms with E-state index >= 15 is 0 Å². The van der Waals surface area contributed by atoms with E-state index in [1.165, 1.54) is 6.20 Å². The van der Waals surface area contributed by atoms with Crippen molar-refractivity contribution in [3.8, 4) is 0 Å². The lowest BCUT2D eigenvalue weighted by Crippen LogP contribution is -2.35. The number of carbonyl (C=O) groups is 1. The predicted molar refractivity (Wildman–Crippen MR) is 66.4 cm³/mol. The fourth-order valence-corrected chi connectivity index (χ4v) is 2.04. The molecule has 0 bridgehead atoms. The minimum Gasteiger partial charge on any atom is -0.393 e. The molecule has 0 unspecified atom stereocenters. The number of rotatable bonds is 3. The van der Waals surface area contributed by atoms with Gasteiger partial charge in [-0.3, -0.25) is 20.1 Å². The molecule has 1 saturated heterocycles. The number of piperidine rings is 1. The predicted octanol–water partition coefficient (Wildman–Crippen LogP) is -0.358. The number of pyridine rings is 1. The number of nitrogens with zero attached hydrogens (tertiary/aromatic N) is 2. The van der Waals surface area contributed by atoms with E-state index in [2.05, 4.69) is 15.3 Å². The minimum atomic E-state index is -0.338. The summed E-state index contributed by atoms with van der Waals surface area (Å²) >= 11 is 0. The lowest BCUT2D eigenvalue weighted by atomic mass is 10.1. The van der Waals surface area contributed by atoms with Crippen LogP contribution in [-0.2, 0) is 6.54 Å². The standard InChI is InChI=1S/C12H18N4O2/c13-15-12(18)9-1-2-10(14-7-9)8-16-5-3-11(17)4-6-16/h1-2,7,11,17H,3-6,8,13H2,(H,15,18). The summed E-state index contributed by atoms with van der Waals surface area (Å²) in [6.07, 6.45) is 2.99. The van der Waals surface area contributed by atoms with Gasteiger partial charge in [0.15, 0.2) is 0 Å². The number of nitrogens with two attached hydrogens (primary N) is 1. The van der Waals surface area contributed by atoms with Crippen LogP contribution in [0.25, 0.3) is 0 Å². The highest BCUT2D eigenvalue weighted by atomic mass is 16.3. The topological polar surface area (TPSA) is 91.5 Å². The zero-order valence-electron chi connectivity index (χ0n) is 10.2. The molecule has 1 amide bonds. The van der Waals surface area contributed by atoms with Crippen molar-refractivity contribution in [2.75, 3.05) is 13.1 Å². The highest BCUT2D eigenvalue weighted by Gasteiger charge is 2.17. The van der Waals surface area contributed by atoms with Crippen LogP contribution in [0.2, 0.25) is 0 Å². The van der Waals surface area contributed by atoms with Crippen molar-refractivity contribution in [1.29, 1.82) is 0 Å². The van der Waals surface area contributed by atoms with Gasteiger partial charge < -0.3 is 5.11 Å². The molecule has 18 heavy (non-hydrogen) atoms. The number of nitrogens with one attached hydrogen (secondary N) is 1. The number of hydrogen-bond acceptors (Lipinski definition) is 5. The van der Waals surface area contributed by atoms with Crippen molar-refractivity contribution in [3.63, 3.8) is 0 Å². The Bertz CT molecular complexity index is 399. The van der Waals surface area contributed by atoms with Crippen LogP contribution in [-0.4, -0.2) is 40.1 Å². The molecule has 0 aromatic carbocycles. The largest absolute Gasteiger partial charge is 0.393 e. The average Bonchev–Trinajstić information content (AvgIpc) is 2.41. The van der Waals surface area contributed by atoms with Gasteiger partial charge in [0.05, 0.1) is 17.4 Å². The maximum atomic E-state index is 11.2. The van der Waals surface area contributed by atoms with E-state index in [1.54, 1.807) is 6.07 Å². The van der Waals surface area contributed by atoms with Gasteiger partial charge in [0.25, 0.3) is 5.91 Å². The van der Waals surface area contributed by atoms with Crippen LogP contribution in [0.5, 0.6) is 0 Å². The molecule has 6 nitrogen and oxygen atoms in total. The summed E-state index contributed by atoms with van der Waals surface area (Å²) in [5, 5.41) is 9.42. The van der Waals surface area contributed by atoms with Crippen LogP contribution in [0.15, 0.2) is 18.3 Å². The van der Waals surface area contributed by atoms with Crippen LogP contribution >= 0.6 is 0 Å². The molecule has 1 aliphatic heterocycles. The molecular weight excluding hydrogens is 232 g/mol. The van der Waals surface area contributed by atoms with Gasteiger partial charge in [-0.1, -0.05) is 0 Å². The molecular formula is C12H18N4O2. The third-order valence-corrected chi connectivity index (χ3v) is 3.16. The van der Waals surface area contributed by atoms with Gasteiger partial charge >= 0.3 is 0 Å². The molecule has 1 aliphatic rings. The molecule has 0 aliphatic carbocycles. The lowest BCUT2D eigenvalue weighted by Gasteiger charge is -2.29. The summed E-state index contributed by atoms with van der Waals surface area (Å²) < 4.78 is 0. The SMILES string of the molecule is NNC(=O)c1ccc(CN2CCC(O)CC2)nc1. The van der Waals surface area contributed by atoms with Crippen molar-refractivity contribution < 1.29 is 9.90 Å². The van der Waals surface area contributed by atoms with Gasteiger partial charge in [-0.25, -0.2) is 5.84 Å². The first-order valence-electron chi connectivity index (χ1n) is 6.05. The third-order valence-electron chi connectivity index (χ3n) is 3.16. The number of aromatic nitrogens is 1. The summed E-state index contributed by atoms with van der Waals surface area (Å²) in [5.41, 5.74) is 3.44. The molecule has 2 rings (SSSR count). The van der Waals surface area contributed by atoms with Gasteiger partial charge in [-0.2, -0.15) is 0 Å². The van der Waals surface area contributed by atoms with Crippen LogP contribution in [0.4, 0.5) is 0 Å². The Morgan fingerprint density at radius 2 is 2.22 bits per heavy atom. The normalized spacial score (nSPS) is 17.7. The number of aliphatic hydroxyl groups excluding tert-OH is 1. The second kappa shape index (κ2) is 5.90. The maximum Gasteiger partial charge on any atom is 0.266 e. The molecule has 0 radical (unpaired) electrons. The van der Waals surface area contributed by atoms with E-state index in [-0.39, 0.29) is 12.0 Å². The van der Waals surface area contributed by atoms with E-state index in [0.29, 0.717) is 5.56 Å². The number of hydrogen-bond donors (Lipinski definition) is 3. The molecule has 1 aromatic heterocycles. The monoisotopic (exact) mass is 250 g/mol. The van der Waals surface area contributed by atoms with Crippen molar-refractivity contribution in [3.05, 3.63) is 29.6 Å². The van der Waals surface area contributed by atoms with Crippen LogP contribution < -0.4 is 11.3 Å². The highest BCUT2D eigenvalue weighted by molar-refractivity contribution is 5.93. The summed E-state index contributed by atoms with van der Waals surface area (Å²) in [6.45, 7) is 2.51. The van der Waals surface area contributed by atoms with Crippen molar-refractivity contribution in [2.45, 2.75) is 25.5 Å². The Morgan fingerprint density at radius 1 is 1.50 bits per heavy atom. The van der Waals surface area contributed by atoms with E-state index in [9.17, 15) is 9.90 Å². The van der Waals surface area contributed by atoms with Gasteiger partial charge in [-0.15, -0.1) is 0 Å². The van der Waals surface area contributed by atoms with Crippen LogP contribution in [0.3, 0.4) is 0 Å². The molecule has 1 fully saturated rings. The van der Waals surface area contributed by atoms with Gasteiger partial charge in [-0.05, 0) is 25.0 Å². The van der Waals surface area contributed by atoms with Crippen molar-refractivity contribution in [2.24, 2.45) is 5.84 Å². The second-order valence-corrected chi connectivity index (χ2v) is 4.52. The number of nitrogen functional groups attached to an aromatic ring is 1. The van der Waals surface area contributed by atoms with Crippen LogP contribution in [0.1, 0.15) is 28.9 Å². The number of amides is 1. The van der Waals surface area contributed by atoms with E-state index in [0.717, 1.165) is 38.2 Å². The smallest absolute Gasteiger partial charge is 0.266 e. The Balaban J connectivity index is 1.92. The summed E-state index contributed by atoms with van der Waals surface area (Å²) in [6, 6.07) is 3.54. The number of aliphatic hydroxyl groups is 1. The first-order valence-corrected chi connectivity index (χ1v) is 6.05. The number of hydrazine groups is 1. The third kappa shape index (κ3) is 3.25. The molecule has 6 heteroatoms. The van der Waals surface area contributed by atoms with E-state index in [4.69, 9.17) is 5.84 Å². The van der Waals surface area contributed by atoms with Gasteiger partial charge in [0.2, 0.25) is 0 Å². The highest BCUT2D eigenvalue weighted by Crippen LogP contribution is 2.12. The molecule has 4 N–H and O–H groups in total. The molecule has 1 aromatic rings. The van der Waals surface area contributed by atoms with Crippen LogP contribution in [0, 0.1) is 0 Å². The molecule has 0 saturated carbocycles. The number of likely N-dealkylation sites (tertiary alicyclic amines) is 1. The zero-order chi connectivity index (χ0) is 13.0. The summed E-state index contributed by atoms with van der Waals surface area (Å²) in [4.78, 5) is 17.7. The molecule has 0 atom stereocenters. The summed E-state index contributed by atoms with van der Waals surface area (Å²) in [7, 11) is 0. The lowest BCUT2D eigenvalue weighted by molar-refractivity contribution is 0.0786. The minimum absolute atomic E-state index is 0.162. The van der Waals surface area contributed by atoms with Crippen molar-refractivity contribution in [1.82, 2.24) is 15.3 Å². The first-order chi connectivity index (χ1) is 8.69. The van der Waals surface area contributed by atoms with Gasteiger partial charge in [0, 0.05) is 25.8 Å². The molecule has 0 spiro atoms. The molecule has 98 valence electrons. The van der Waals surface area contributed by atoms with Gasteiger partial charge in [0.1, 0.15) is 0 Å². The fourth-order valence-electron chi connectivity index (χ4n) is 2.04. The van der Waals surface area contributed by atoms with E-state index in [1.807, 2.05) is 6.07 Å². The van der Waals surface area contributed by atoms with Crippen molar-refractivity contribution >= 4 is 5.91 Å². The zero-order valence-corrected chi connectivity index (χ0v) is 10.2. The Labute approximate surface area is 106 Å². The first kappa shape index (κ1) is 12.9.